The lowest BCUT2D eigenvalue weighted by molar-refractivity contribution is 0.0945. The summed E-state index contributed by atoms with van der Waals surface area (Å²) in [6.45, 7) is 7.29. The fraction of sp³-hybridized carbons (Fsp3) is 0.280. The molecule has 0 saturated carbocycles. The van der Waals surface area contributed by atoms with Crippen molar-refractivity contribution in [1.82, 2.24) is 10.2 Å². The number of hydrogen-bond acceptors (Lipinski definition) is 4. The van der Waals surface area contributed by atoms with E-state index in [2.05, 4.69) is 29.4 Å². The number of carbonyl (C=O) groups excluding carboxylic acids is 2. The number of halogens is 1. The van der Waals surface area contributed by atoms with E-state index in [4.69, 9.17) is 16.3 Å². The summed E-state index contributed by atoms with van der Waals surface area (Å²) in [5, 5.41) is 8.00. The van der Waals surface area contributed by atoms with Crippen molar-refractivity contribution in [3.05, 3.63) is 70.7 Å². The number of amides is 2. The zero-order valence-electron chi connectivity index (χ0n) is 18.6. The van der Waals surface area contributed by atoms with E-state index in [1.54, 1.807) is 12.1 Å². The average Bonchev–Trinajstić information content (AvgIpc) is 2.82. The highest BCUT2D eigenvalue weighted by molar-refractivity contribution is 6.34. The van der Waals surface area contributed by atoms with Crippen LogP contribution in [0.15, 0.2) is 54.6 Å². The SMILES string of the molecule is CCN(CC)CCNC(=O)c1cc(Cl)c(NC(=O)c2ccc3ccccc3c2)cc1OC. The Balaban J connectivity index is 1.75. The third-order valence-electron chi connectivity index (χ3n) is 5.40. The molecule has 0 fully saturated rings. The molecule has 0 spiro atoms. The quantitative estimate of drug-likeness (QED) is 0.487. The summed E-state index contributed by atoms with van der Waals surface area (Å²) in [5.41, 5.74) is 1.21. The molecule has 0 unspecified atom stereocenters. The van der Waals surface area contributed by atoms with Crippen LogP contribution in [0.25, 0.3) is 10.8 Å². The van der Waals surface area contributed by atoms with Crippen LogP contribution in [-0.2, 0) is 0 Å². The highest BCUT2D eigenvalue weighted by atomic mass is 35.5. The molecule has 0 aliphatic carbocycles. The van der Waals surface area contributed by atoms with Gasteiger partial charge in [-0.05, 0) is 42.1 Å². The molecule has 2 N–H and O–H groups in total. The zero-order valence-corrected chi connectivity index (χ0v) is 19.3. The number of ether oxygens (including phenoxy) is 1. The first-order chi connectivity index (χ1) is 15.5. The van der Waals surface area contributed by atoms with Gasteiger partial charge < -0.3 is 20.3 Å². The molecule has 0 atom stereocenters. The van der Waals surface area contributed by atoms with Crippen LogP contribution in [0.5, 0.6) is 5.75 Å². The third kappa shape index (κ3) is 5.58. The predicted molar refractivity (Wildman–Crippen MR) is 130 cm³/mol. The summed E-state index contributed by atoms with van der Waals surface area (Å²) >= 11 is 6.40. The van der Waals surface area contributed by atoms with E-state index in [1.165, 1.54) is 13.2 Å². The largest absolute Gasteiger partial charge is 0.496 e. The van der Waals surface area contributed by atoms with Crippen molar-refractivity contribution < 1.29 is 14.3 Å². The average molecular weight is 454 g/mol. The van der Waals surface area contributed by atoms with Crippen LogP contribution in [0.3, 0.4) is 0 Å². The standard InChI is InChI=1S/C25H28ClN3O3/c1-4-29(5-2)13-12-27-25(31)20-15-21(26)22(16-23(20)32-3)28-24(30)19-11-10-17-8-6-7-9-18(17)14-19/h6-11,14-16H,4-5,12-13H2,1-3H3,(H,27,31)(H,28,30). The van der Waals surface area contributed by atoms with Crippen molar-refractivity contribution >= 4 is 39.9 Å². The van der Waals surface area contributed by atoms with Gasteiger partial charge in [-0.3, -0.25) is 9.59 Å². The lowest BCUT2D eigenvalue weighted by Crippen LogP contribution is -2.34. The minimum atomic E-state index is -0.295. The first-order valence-corrected chi connectivity index (χ1v) is 11.0. The first-order valence-electron chi connectivity index (χ1n) is 10.6. The van der Waals surface area contributed by atoms with Gasteiger partial charge in [0.05, 0.1) is 23.4 Å². The number of hydrogen-bond donors (Lipinski definition) is 2. The van der Waals surface area contributed by atoms with Gasteiger partial charge in [0.1, 0.15) is 5.75 Å². The second-order valence-electron chi connectivity index (χ2n) is 7.33. The fourth-order valence-electron chi connectivity index (χ4n) is 3.48. The molecule has 2 amide bonds. The molecular formula is C25H28ClN3O3. The predicted octanol–water partition coefficient (Wildman–Crippen LogP) is 4.83. The van der Waals surface area contributed by atoms with Gasteiger partial charge in [-0.2, -0.15) is 0 Å². The van der Waals surface area contributed by atoms with Crippen LogP contribution in [0.2, 0.25) is 5.02 Å². The Morgan fingerprint density at radius 2 is 1.69 bits per heavy atom. The van der Waals surface area contributed by atoms with Crippen LogP contribution in [-0.4, -0.2) is 50.0 Å². The molecule has 0 aliphatic heterocycles. The van der Waals surface area contributed by atoms with E-state index < -0.39 is 0 Å². The summed E-state index contributed by atoms with van der Waals surface area (Å²) in [6.07, 6.45) is 0. The van der Waals surface area contributed by atoms with Gasteiger partial charge >= 0.3 is 0 Å². The van der Waals surface area contributed by atoms with Crippen LogP contribution < -0.4 is 15.4 Å². The molecule has 3 aromatic rings. The van der Waals surface area contributed by atoms with Crippen molar-refractivity contribution in [2.45, 2.75) is 13.8 Å². The lowest BCUT2D eigenvalue weighted by Gasteiger charge is -2.18. The number of carbonyl (C=O) groups is 2. The number of methoxy groups -OCH3 is 1. The summed E-state index contributed by atoms with van der Waals surface area (Å²) in [4.78, 5) is 27.7. The van der Waals surface area contributed by atoms with Gasteiger partial charge in [0.2, 0.25) is 0 Å². The number of nitrogens with one attached hydrogen (secondary N) is 2. The smallest absolute Gasteiger partial charge is 0.255 e. The molecule has 3 aromatic carbocycles. The Hall–Kier alpha value is -3.09. The molecule has 3 rings (SSSR count). The van der Waals surface area contributed by atoms with Crippen molar-refractivity contribution in [3.63, 3.8) is 0 Å². The normalized spacial score (nSPS) is 10.9. The highest BCUT2D eigenvalue weighted by Gasteiger charge is 2.18. The molecule has 0 aromatic heterocycles. The summed E-state index contributed by atoms with van der Waals surface area (Å²) in [7, 11) is 1.48. The zero-order chi connectivity index (χ0) is 23.1. The molecule has 0 saturated heterocycles. The van der Waals surface area contributed by atoms with Crippen LogP contribution in [0, 0.1) is 0 Å². The van der Waals surface area contributed by atoms with E-state index in [-0.39, 0.29) is 16.8 Å². The van der Waals surface area contributed by atoms with E-state index in [9.17, 15) is 9.59 Å². The fourth-order valence-corrected chi connectivity index (χ4v) is 3.69. The summed E-state index contributed by atoms with van der Waals surface area (Å²) < 4.78 is 5.40. The van der Waals surface area contributed by atoms with Gasteiger partial charge in [-0.1, -0.05) is 55.8 Å². The van der Waals surface area contributed by atoms with Crippen LogP contribution in [0.4, 0.5) is 5.69 Å². The second-order valence-corrected chi connectivity index (χ2v) is 7.74. The van der Waals surface area contributed by atoms with Gasteiger partial charge in [0, 0.05) is 24.7 Å². The molecule has 0 radical (unpaired) electrons. The molecule has 32 heavy (non-hydrogen) atoms. The maximum absolute atomic E-state index is 12.8. The molecule has 0 aliphatic rings. The van der Waals surface area contributed by atoms with Crippen molar-refractivity contribution in [3.8, 4) is 5.75 Å². The highest BCUT2D eigenvalue weighted by Crippen LogP contribution is 2.31. The van der Waals surface area contributed by atoms with Crippen molar-refractivity contribution in [1.29, 1.82) is 0 Å². The Morgan fingerprint density at radius 1 is 0.969 bits per heavy atom. The molecule has 168 valence electrons. The van der Waals surface area contributed by atoms with Gasteiger partial charge in [0.25, 0.3) is 11.8 Å². The van der Waals surface area contributed by atoms with Crippen LogP contribution >= 0.6 is 11.6 Å². The molecule has 7 heteroatoms. The Labute approximate surface area is 193 Å². The van der Waals surface area contributed by atoms with Crippen LogP contribution in [0.1, 0.15) is 34.6 Å². The van der Waals surface area contributed by atoms with E-state index in [1.807, 2.05) is 36.4 Å². The van der Waals surface area contributed by atoms with Gasteiger partial charge in [-0.15, -0.1) is 0 Å². The van der Waals surface area contributed by atoms with Crippen molar-refractivity contribution in [2.75, 3.05) is 38.6 Å². The number of fused-ring (bicyclic) bond motifs is 1. The molecular weight excluding hydrogens is 426 g/mol. The topological polar surface area (TPSA) is 70.7 Å². The monoisotopic (exact) mass is 453 g/mol. The summed E-state index contributed by atoms with van der Waals surface area (Å²) in [6, 6.07) is 16.4. The Bertz CT molecular complexity index is 1110. The third-order valence-corrected chi connectivity index (χ3v) is 5.71. The maximum Gasteiger partial charge on any atom is 0.255 e. The minimum absolute atomic E-state index is 0.258. The molecule has 6 nitrogen and oxygen atoms in total. The van der Waals surface area contributed by atoms with Gasteiger partial charge in [0.15, 0.2) is 0 Å². The molecule has 0 bridgehead atoms. The number of rotatable bonds is 9. The lowest BCUT2D eigenvalue weighted by atomic mass is 10.1. The number of anilines is 1. The Kier molecular flexibility index (Phi) is 8.09. The van der Waals surface area contributed by atoms with E-state index >= 15 is 0 Å². The minimum Gasteiger partial charge on any atom is -0.496 e. The summed E-state index contributed by atoms with van der Waals surface area (Å²) in [5.74, 6) is -0.233. The Morgan fingerprint density at radius 3 is 2.38 bits per heavy atom. The maximum atomic E-state index is 12.8. The number of likely N-dealkylation sites (N-methyl/N-ethyl adjacent to an activating group) is 1. The van der Waals surface area contributed by atoms with E-state index in [0.717, 1.165) is 30.4 Å². The van der Waals surface area contributed by atoms with Crippen molar-refractivity contribution in [2.24, 2.45) is 0 Å². The van der Waals surface area contributed by atoms with Gasteiger partial charge in [-0.25, -0.2) is 0 Å². The first kappa shape index (κ1) is 23.6. The molecule has 0 heterocycles. The number of benzene rings is 3. The van der Waals surface area contributed by atoms with E-state index in [0.29, 0.717) is 29.1 Å². The number of nitrogens with zero attached hydrogens (tertiary/aromatic N) is 1. The second kappa shape index (κ2) is 11.0.